The Bertz CT molecular complexity index is 567. The first-order valence-electron chi connectivity index (χ1n) is 7.21. The highest BCUT2D eigenvalue weighted by molar-refractivity contribution is 9.11. The van der Waals surface area contributed by atoms with Gasteiger partial charge in [-0.05, 0) is 55.1 Å². The lowest BCUT2D eigenvalue weighted by Crippen LogP contribution is -2.56. The minimum Gasteiger partial charge on any atom is -0.444 e. The van der Waals surface area contributed by atoms with Crippen LogP contribution in [-0.4, -0.2) is 53.1 Å². The molecule has 1 fully saturated rings. The number of carbonyl (C=O) groups excluding carboxylic acids is 2. The SMILES string of the molecule is C[C@H]1CN(C(=O)c2ccsc2Br)CCN1C(=O)OC(C)(C)C. The van der Waals surface area contributed by atoms with Gasteiger partial charge in [-0.3, -0.25) is 4.79 Å². The lowest BCUT2D eigenvalue weighted by Gasteiger charge is -2.40. The third kappa shape index (κ3) is 4.01. The molecule has 0 bridgehead atoms. The van der Waals surface area contributed by atoms with E-state index in [2.05, 4.69) is 15.9 Å². The van der Waals surface area contributed by atoms with E-state index in [0.717, 1.165) is 3.79 Å². The molecule has 1 aliphatic rings. The third-order valence-corrected chi connectivity index (χ3v) is 5.08. The Morgan fingerprint density at radius 2 is 2.05 bits per heavy atom. The van der Waals surface area contributed by atoms with Crippen LogP contribution in [-0.2, 0) is 4.74 Å². The zero-order valence-electron chi connectivity index (χ0n) is 13.3. The zero-order chi connectivity index (χ0) is 16.5. The summed E-state index contributed by atoms with van der Waals surface area (Å²) in [5, 5.41) is 1.89. The van der Waals surface area contributed by atoms with Gasteiger partial charge < -0.3 is 14.5 Å². The number of nitrogens with zero attached hydrogens (tertiary/aromatic N) is 2. The van der Waals surface area contributed by atoms with Crippen LogP contribution in [0, 0.1) is 0 Å². The molecule has 1 aromatic rings. The van der Waals surface area contributed by atoms with Gasteiger partial charge in [-0.1, -0.05) is 0 Å². The number of rotatable bonds is 1. The van der Waals surface area contributed by atoms with Gasteiger partial charge in [0.25, 0.3) is 5.91 Å². The molecule has 1 aliphatic heterocycles. The van der Waals surface area contributed by atoms with Crippen LogP contribution in [0.25, 0.3) is 0 Å². The molecule has 0 saturated carbocycles. The molecule has 2 heterocycles. The molecule has 0 unspecified atom stereocenters. The highest BCUT2D eigenvalue weighted by Gasteiger charge is 2.33. The van der Waals surface area contributed by atoms with E-state index >= 15 is 0 Å². The van der Waals surface area contributed by atoms with E-state index in [1.54, 1.807) is 9.80 Å². The minimum absolute atomic E-state index is 0.00353. The van der Waals surface area contributed by atoms with Gasteiger partial charge in [0, 0.05) is 25.7 Å². The van der Waals surface area contributed by atoms with Gasteiger partial charge in [0.2, 0.25) is 0 Å². The van der Waals surface area contributed by atoms with Crippen LogP contribution in [0.1, 0.15) is 38.1 Å². The van der Waals surface area contributed by atoms with Gasteiger partial charge in [-0.25, -0.2) is 4.79 Å². The van der Waals surface area contributed by atoms with Crippen molar-refractivity contribution in [3.63, 3.8) is 0 Å². The molecule has 122 valence electrons. The largest absolute Gasteiger partial charge is 0.444 e. The summed E-state index contributed by atoms with van der Waals surface area (Å²) in [6.45, 7) is 9.01. The lowest BCUT2D eigenvalue weighted by atomic mass is 10.1. The zero-order valence-corrected chi connectivity index (χ0v) is 15.7. The number of halogens is 1. The Morgan fingerprint density at radius 1 is 1.36 bits per heavy atom. The van der Waals surface area contributed by atoms with Gasteiger partial charge in [-0.2, -0.15) is 0 Å². The van der Waals surface area contributed by atoms with Crippen molar-refractivity contribution < 1.29 is 14.3 Å². The summed E-state index contributed by atoms with van der Waals surface area (Å²) < 4.78 is 6.26. The number of ether oxygens (including phenoxy) is 1. The van der Waals surface area contributed by atoms with E-state index in [9.17, 15) is 9.59 Å². The smallest absolute Gasteiger partial charge is 0.410 e. The second-order valence-electron chi connectivity index (χ2n) is 6.38. The number of amides is 2. The molecule has 0 radical (unpaired) electrons. The molecule has 0 aliphatic carbocycles. The maximum absolute atomic E-state index is 12.5. The van der Waals surface area contributed by atoms with Crippen LogP contribution in [0.3, 0.4) is 0 Å². The van der Waals surface area contributed by atoms with Crippen molar-refractivity contribution in [1.82, 2.24) is 9.80 Å². The minimum atomic E-state index is -0.509. The number of hydrogen-bond donors (Lipinski definition) is 0. The fourth-order valence-electron chi connectivity index (χ4n) is 2.35. The predicted octanol–water partition coefficient (Wildman–Crippen LogP) is 3.59. The molecule has 0 spiro atoms. The summed E-state index contributed by atoms with van der Waals surface area (Å²) in [7, 11) is 0. The van der Waals surface area contributed by atoms with Gasteiger partial charge >= 0.3 is 6.09 Å². The Balaban J connectivity index is 2.00. The van der Waals surface area contributed by atoms with Crippen LogP contribution in [0.4, 0.5) is 4.79 Å². The van der Waals surface area contributed by atoms with Crippen molar-refractivity contribution in [2.45, 2.75) is 39.3 Å². The lowest BCUT2D eigenvalue weighted by molar-refractivity contribution is 0.00198. The fourth-order valence-corrected chi connectivity index (χ4v) is 3.58. The van der Waals surface area contributed by atoms with Crippen LogP contribution in [0.5, 0.6) is 0 Å². The van der Waals surface area contributed by atoms with Crippen molar-refractivity contribution in [3.8, 4) is 0 Å². The summed E-state index contributed by atoms with van der Waals surface area (Å²) in [4.78, 5) is 28.2. The standard InChI is InChI=1S/C15H21BrN2O3S/c1-10-9-17(13(19)11-5-8-22-12(11)16)6-7-18(10)14(20)21-15(2,3)4/h5,8,10H,6-7,9H2,1-4H3/t10-/m0/s1. The maximum atomic E-state index is 12.5. The van der Waals surface area contributed by atoms with Gasteiger partial charge in [0.1, 0.15) is 5.60 Å². The topological polar surface area (TPSA) is 49.9 Å². The fraction of sp³-hybridized carbons (Fsp3) is 0.600. The van der Waals surface area contributed by atoms with Crippen LogP contribution in [0.2, 0.25) is 0 Å². The molecule has 0 N–H and O–H groups in total. The van der Waals surface area contributed by atoms with E-state index in [1.165, 1.54) is 11.3 Å². The number of hydrogen-bond acceptors (Lipinski definition) is 4. The van der Waals surface area contributed by atoms with E-state index < -0.39 is 5.60 Å². The predicted molar refractivity (Wildman–Crippen MR) is 90.3 cm³/mol. The van der Waals surface area contributed by atoms with Crippen molar-refractivity contribution >= 4 is 39.3 Å². The number of carbonyl (C=O) groups is 2. The molecular formula is C15H21BrN2O3S. The van der Waals surface area contributed by atoms with Gasteiger partial charge in [0.05, 0.1) is 9.35 Å². The number of thiophene rings is 1. The molecule has 22 heavy (non-hydrogen) atoms. The quantitative estimate of drug-likeness (QED) is 0.738. The molecule has 5 nitrogen and oxygen atoms in total. The highest BCUT2D eigenvalue weighted by atomic mass is 79.9. The number of piperazine rings is 1. The highest BCUT2D eigenvalue weighted by Crippen LogP contribution is 2.26. The van der Waals surface area contributed by atoms with Crippen molar-refractivity contribution in [1.29, 1.82) is 0 Å². The molecule has 1 atom stereocenters. The average molecular weight is 389 g/mol. The molecule has 2 rings (SSSR count). The first-order chi connectivity index (χ1) is 10.2. The van der Waals surface area contributed by atoms with E-state index in [0.29, 0.717) is 25.2 Å². The van der Waals surface area contributed by atoms with Crippen LogP contribution in [0.15, 0.2) is 15.2 Å². The third-order valence-electron chi connectivity index (χ3n) is 3.39. The Hall–Kier alpha value is -1.08. The Labute approximate surface area is 143 Å². The molecular weight excluding hydrogens is 368 g/mol. The van der Waals surface area contributed by atoms with E-state index in [1.807, 2.05) is 39.1 Å². The summed E-state index contributed by atoms with van der Waals surface area (Å²) in [6, 6.07) is 1.76. The molecule has 1 saturated heterocycles. The first kappa shape index (κ1) is 17.3. The maximum Gasteiger partial charge on any atom is 0.410 e. The van der Waals surface area contributed by atoms with Gasteiger partial charge in [0.15, 0.2) is 0 Å². The van der Waals surface area contributed by atoms with Crippen molar-refractivity contribution in [2.75, 3.05) is 19.6 Å². The monoisotopic (exact) mass is 388 g/mol. The summed E-state index contributed by atoms with van der Waals surface area (Å²) >= 11 is 4.90. The Kier molecular flexibility index (Phi) is 5.17. The molecule has 0 aromatic carbocycles. The summed E-state index contributed by atoms with van der Waals surface area (Å²) in [5.41, 5.74) is 0.175. The molecule has 7 heteroatoms. The molecule has 2 amide bonds. The summed E-state index contributed by atoms with van der Waals surface area (Å²) in [6.07, 6.45) is -0.316. The second-order valence-corrected chi connectivity index (χ2v) is 8.62. The molecule has 1 aromatic heterocycles. The van der Waals surface area contributed by atoms with E-state index in [4.69, 9.17) is 4.74 Å². The van der Waals surface area contributed by atoms with Crippen LogP contribution < -0.4 is 0 Å². The summed E-state index contributed by atoms with van der Waals surface area (Å²) in [5.74, 6) is 0.00353. The van der Waals surface area contributed by atoms with Crippen molar-refractivity contribution in [2.24, 2.45) is 0 Å². The van der Waals surface area contributed by atoms with E-state index in [-0.39, 0.29) is 18.0 Å². The van der Waals surface area contributed by atoms with Gasteiger partial charge in [-0.15, -0.1) is 11.3 Å². The van der Waals surface area contributed by atoms with Crippen LogP contribution >= 0.6 is 27.3 Å². The second kappa shape index (κ2) is 6.58. The Morgan fingerprint density at radius 3 is 2.55 bits per heavy atom. The van der Waals surface area contributed by atoms with Crippen molar-refractivity contribution in [3.05, 3.63) is 20.8 Å². The normalized spacial score (nSPS) is 19.2. The first-order valence-corrected chi connectivity index (χ1v) is 8.88. The average Bonchev–Trinajstić information content (AvgIpc) is 2.81.